The summed E-state index contributed by atoms with van der Waals surface area (Å²) in [6.45, 7) is 4.17. The van der Waals surface area contributed by atoms with Gasteiger partial charge in [0.25, 0.3) is 0 Å². The van der Waals surface area contributed by atoms with Crippen LogP contribution in [0.2, 0.25) is 0 Å². The molecule has 1 nitrogen and oxygen atoms in total. The Morgan fingerprint density at radius 3 is 2.76 bits per heavy atom. The summed E-state index contributed by atoms with van der Waals surface area (Å²) in [6, 6.07) is 4.02. The molecule has 0 amide bonds. The van der Waals surface area contributed by atoms with Gasteiger partial charge in [-0.25, -0.2) is 4.39 Å². The van der Waals surface area contributed by atoms with Crippen LogP contribution in [0.4, 0.5) is 8.78 Å². The van der Waals surface area contributed by atoms with Crippen LogP contribution in [0.15, 0.2) is 18.2 Å². The molecule has 3 atom stereocenters. The Labute approximate surface area is 108 Å². The molecule has 17 heavy (non-hydrogen) atoms. The van der Waals surface area contributed by atoms with Crippen molar-refractivity contribution in [1.82, 2.24) is 0 Å². The first kappa shape index (κ1) is 12.8. The van der Waals surface area contributed by atoms with E-state index in [1.54, 1.807) is 0 Å². The molecule has 0 aromatic heterocycles. The van der Waals surface area contributed by atoms with Crippen molar-refractivity contribution in [2.75, 3.05) is 0 Å². The summed E-state index contributed by atoms with van der Waals surface area (Å²) in [5.41, 5.74) is -0.0151. The molecule has 1 aromatic rings. The van der Waals surface area contributed by atoms with Crippen molar-refractivity contribution in [2.24, 2.45) is 5.41 Å². The van der Waals surface area contributed by atoms with Crippen LogP contribution in [0.25, 0.3) is 0 Å². The first-order valence-corrected chi connectivity index (χ1v) is 6.65. The standard InChI is InChI=1S/C13H15BrF2O/c1-3-13(2)10(14)7-11(13)17-9-6-4-5-8(15)12(9)16/h4-6,10-11H,3,7H2,1-2H3. The number of rotatable bonds is 3. The van der Waals surface area contributed by atoms with Gasteiger partial charge in [-0.1, -0.05) is 35.8 Å². The molecule has 1 aliphatic rings. The third kappa shape index (κ3) is 2.07. The van der Waals surface area contributed by atoms with Gasteiger partial charge in [0.1, 0.15) is 6.10 Å². The predicted molar refractivity (Wildman–Crippen MR) is 66.5 cm³/mol. The van der Waals surface area contributed by atoms with Gasteiger partial charge in [0.15, 0.2) is 11.6 Å². The van der Waals surface area contributed by atoms with Crippen LogP contribution < -0.4 is 4.74 Å². The predicted octanol–water partition coefficient (Wildman–Crippen LogP) is 4.30. The SMILES string of the molecule is CCC1(C)C(Br)CC1Oc1cccc(F)c1F. The van der Waals surface area contributed by atoms with Crippen LogP contribution in [0.1, 0.15) is 26.7 Å². The number of ether oxygens (including phenoxy) is 1. The molecule has 2 rings (SSSR count). The molecule has 0 spiro atoms. The summed E-state index contributed by atoms with van der Waals surface area (Å²) in [4.78, 5) is 0.377. The lowest BCUT2D eigenvalue weighted by Gasteiger charge is -2.50. The van der Waals surface area contributed by atoms with Crippen LogP contribution in [0.3, 0.4) is 0 Å². The molecule has 1 fully saturated rings. The Balaban J connectivity index is 2.15. The van der Waals surface area contributed by atoms with E-state index in [-0.39, 0.29) is 17.3 Å². The van der Waals surface area contributed by atoms with E-state index < -0.39 is 11.6 Å². The maximum absolute atomic E-state index is 13.5. The monoisotopic (exact) mass is 304 g/mol. The van der Waals surface area contributed by atoms with Crippen LogP contribution in [-0.4, -0.2) is 10.9 Å². The second-order valence-electron chi connectivity index (χ2n) is 4.72. The van der Waals surface area contributed by atoms with Crippen molar-refractivity contribution >= 4 is 15.9 Å². The first-order valence-electron chi connectivity index (χ1n) is 5.73. The van der Waals surface area contributed by atoms with E-state index >= 15 is 0 Å². The minimum Gasteiger partial charge on any atom is -0.487 e. The highest BCUT2D eigenvalue weighted by Crippen LogP contribution is 2.50. The third-order valence-electron chi connectivity index (χ3n) is 3.82. The van der Waals surface area contributed by atoms with Gasteiger partial charge in [0.2, 0.25) is 5.82 Å². The Morgan fingerprint density at radius 1 is 1.47 bits per heavy atom. The summed E-state index contributed by atoms with van der Waals surface area (Å²) < 4.78 is 32.1. The normalized spacial score (nSPS) is 32.1. The molecule has 0 saturated heterocycles. The second kappa shape index (κ2) is 4.56. The van der Waals surface area contributed by atoms with Gasteiger partial charge in [-0.3, -0.25) is 0 Å². The van der Waals surface area contributed by atoms with Crippen molar-refractivity contribution in [2.45, 2.75) is 37.6 Å². The molecule has 0 bridgehead atoms. The lowest BCUT2D eigenvalue weighted by atomic mass is 9.65. The summed E-state index contributed by atoms with van der Waals surface area (Å²) in [5, 5.41) is 0. The number of benzene rings is 1. The van der Waals surface area contributed by atoms with Crippen LogP contribution in [-0.2, 0) is 0 Å². The molecule has 3 unspecified atom stereocenters. The van der Waals surface area contributed by atoms with Crippen LogP contribution >= 0.6 is 15.9 Å². The molecule has 0 heterocycles. The minimum absolute atomic E-state index is 0.00840. The van der Waals surface area contributed by atoms with E-state index in [1.807, 2.05) is 0 Å². The molecule has 0 N–H and O–H groups in total. The summed E-state index contributed by atoms with van der Waals surface area (Å²) in [7, 11) is 0. The Morgan fingerprint density at radius 2 is 2.18 bits per heavy atom. The van der Waals surface area contributed by atoms with Crippen molar-refractivity contribution < 1.29 is 13.5 Å². The number of halogens is 3. The van der Waals surface area contributed by atoms with Gasteiger partial charge in [-0.05, 0) is 25.0 Å². The second-order valence-corrected chi connectivity index (χ2v) is 5.83. The maximum Gasteiger partial charge on any atom is 0.200 e. The van der Waals surface area contributed by atoms with E-state index in [2.05, 4.69) is 29.8 Å². The van der Waals surface area contributed by atoms with E-state index in [0.29, 0.717) is 4.83 Å². The van der Waals surface area contributed by atoms with Gasteiger partial charge >= 0.3 is 0 Å². The average Bonchev–Trinajstić information content (AvgIpc) is 2.33. The zero-order chi connectivity index (χ0) is 12.6. The minimum atomic E-state index is -0.899. The van der Waals surface area contributed by atoms with E-state index in [4.69, 9.17) is 4.74 Å². The molecule has 0 aliphatic heterocycles. The fourth-order valence-corrected chi connectivity index (χ4v) is 3.09. The summed E-state index contributed by atoms with van der Waals surface area (Å²) in [5.74, 6) is -1.76. The molecule has 1 aromatic carbocycles. The van der Waals surface area contributed by atoms with E-state index in [9.17, 15) is 8.78 Å². The fourth-order valence-electron chi connectivity index (χ4n) is 2.13. The summed E-state index contributed by atoms with van der Waals surface area (Å²) >= 11 is 3.58. The topological polar surface area (TPSA) is 9.23 Å². The van der Waals surface area contributed by atoms with Gasteiger partial charge in [-0.2, -0.15) is 4.39 Å². The number of alkyl halides is 1. The zero-order valence-electron chi connectivity index (χ0n) is 9.84. The quantitative estimate of drug-likeness (QED) is 0.757. The van der Waals surface area contributed by atoms with Crippen LogP contribution in [0, 0.1) is 17.0 Å². The number of hydrogen-bond donors (Lipinski definition) is 0. The average molecular weight is 305 g/mol. The molecular formula is C13H15BrF2O. The Hall–Kier alpha value is -0.640. The fraction of sp³-hybridized carbons (Fsp3) is 0.538. The summed E-state index contributed by atoms with van der Waals surface area (Å²) in [6.07, 6.45) is 1.69. The molecule has 1 aliphatic carbocycles. The lowest BCUT2D eigenvalue weighted by Crippen LogP contribution is -2.54. The Bertz CT molecular complexity index is 424. The highest BCUT2D eigenvalue weighted by Gasteiger charge is 2.51. The van der Waals surface area contributed by atoms with Gasteiger partial charge in [0, 0.05) is 10.2 Å². The molecule has 94 valence electrons. The zero-order valence-corrected chi connectivity index (χ0v) is 11.4. The molecule has 4 heteroatoms. The van der Waals surface area contributed by atoms with Crippen molar-refractivity contribution in [1.29, 1.82) is 0 Å². The van der Waals surface area contributed by atoms with Gasteiger partial charge in [0.05, 0.1) is 0 Å². The smallest absolute Gasteiger partial charge is 0.200 e. The Kier molecular flexibility index (Phi) is 3.43. The van der Waals surface area contributed by atoms with Crippen molar-refractivity contribution in [3.63, 3.8) is 0 Å². The van der Waals surface area contributed by atoms with Crippen molar-refractivity contribution in [3.05, 3.63) is 29.8 Å². The van der Waals surface area contributed by atoms with E-state index in [0.717, 1.165) is 18.9 Å². The first-order chi connectivity index (χ1) is 7.99. The van der Waals surface area contributed by atoms with Gasteiger partial charge in [-0.15, -0.1) is 0 Å². The molecule has 0 radical (unpaired) electrons. The van der Waals surface area contributed by atoms with Crippen LogP contribution in [0.5, 0.6) is 5.75 Å². The maximum atomic E-state index is 13.5. The number of hydrogen-bond acceptors (Lipinski definition) is 1. The van der Waals surface area contributed by atoms with Crippen molar-refractivity contribution in [3.8, 4) is 5.75 Å². The lowest BCUT2D eigenvalue weighted by molar-refractivity contribution is -0.0267. The highest BCUT2D eigenvalue weighted by atomic mass is 79.9. The van der Waals surface area contributed by atoms with Gasteiger partial charge < -0.3 is 4.74 Å². The molecule has 1 saturated carbocycles. The highest BCUT2D eigenvalue weighted by molar-refractivity contribution is 9.09. The largest absolute Gasteiger partial charge is 0.487 e. The third-order valence-corrected chi connectivity index (χ3v) is 5.24. The molecular weight excluding hydrogens is 290 g/mol. The van der Waals surface area contributed by atoms with E-state index in [1.165, 1.54) is 12.1 Å².